The SMILES string of the molecule is COc1cc(N)c(Cl)cc1C(=O)NCc1ccnc(OCC(F)(F)F)c1.Cl.Cl. The van der Waals surface area contributed by atoms with E-state index in [1.807, 2.05) is 0 Å². The Bertz CT molecular complexity index is 808. The lowest BCUT2D eigenvalue weighted by Crippen LogP contribution is -2.23. The molecule has 1 heterocycles. The summed E-state index contributed by atoms with van der Waals surface area (Å²) in [6.07, 6.45) is -3.18. The number of nitrogen functional groups attached to an aromatic ring is 1. The molecule has 0 aliphatic heterocycles. The van der Waals surface area contributed by atoms with Crippen molar-refractivity contribution in [1.82, 2.24) is 10.3 Å². The third kappa shape index (κ3) is 7.49. The van der Waals surface area contributed by atoms with E-state index in [4.69, 9.17) is 22.1 Å². The number of amides is 1. The fourth-order valence-electron chi connectivity index (χ4n) is 1.99. The van der Waals surface area contributed by atoms with Gasteiger partial charge in [-0.25, -0.2) is 4.98 Å². The van der Waals surface area contributed by atoms with Crippen LogP contribution in [0.4, 0.5) is 18.9 Å². The summed E-state index contributed by atoms with van der Waals surface area (Å²) >= 11 is 5.92. The van der Waals surface area contributed by atoms with E-state index >= 15 is 0 Å². The van der Waals surface area contributed by atoms with Gasteiger partial charge < -0.3 is 20.5 Å². The molecule has 156 valence electrons. The minimum absolute atomic E-state index is 0. The minimum atomic E-state index is -4.46. The van der Waals surface area contributed by atoms with Gasteiger partial charge in [0.2, 0.25) is 5.88 Å². The second kappa shape index (κ2) is 11.0. The van der Waals surface area contributed by atoms with Crippen LogP contribution in [0.3, 0.4) is 0 Å². The number of methoxy groups -OCH3 is 1. The molecule has 2 aromatic rings. The Hall–Kier alpha value is -2.10. The zero-order chi connectivity index (χ0) is 19.3. The van der Waals surface area contributed by atoms with E-state index in [-0.39, 0.29) is 59.3 Å². The highest BCUT2D eigenvalue weighted by Crippen LogP contribution is 2.28. The molecule has 0 saturated heterocycles. The Labute approximate surface area is 176 Å². The normalized spacial score (nSPS) is 10.3. The van der Waals surface area contributed by atoms with Crippen molar-refractivity contribution >= 4 is 48.0 Å². The van der Waals surface area contributed by atoms with E-state index in [0.717, 1.165) is 0 Å². The Balaban J connectivity index is 0.00000364. The molecule has 0 atom stereocenters. The maximum atomic E-state index is 12.3. The van der Waals surface area contributed by atoms with Gasteiger partial charge in [0, 0.05) is 24.9 Å². The van der Waals surface area contributed by atoms with E-state index in [9.17, 15) is 18.0 Å². The molecule has 0 bridgehead atoms. The highest BCUT2D eigenvalue weighted by molar-refractivity contribution is 6.33. The summed E-state index contributed by atoms with van der Waals surface area (Å²) in [6.45, 7) is -1.41. The number of alkyl halides is 3. The van der Waals surface area contributed by atoms with Crippen LogP contribution in [0, 0.1) is 0 Å². The summed E-state index contributed by atoms with van der Waals surface area (Å²) in [7, 11) is 1.38. The lowest BCUT2D eigenvalue weighted by molar-refractivity contribution is -0.154. The van der Waals surface area contributed by atoms with Crippen molar-refractivity contribution in [3.8, 4) is 11.6 Å². The molecule has 12 heteroatoms. The minimum Gasteiger partial charge on any atom is -0.496 e. The molecule has 3 N–H and O–H groups in total. The van der Waals surface area contributed by atoms with Crippen LogP contribution in [0.1, 0.15) is 15.9 Å². The Morgan fingerprint density at radius 2 is 1.96 bits per heavy atom. The molecular weight excluding hydrogens is 446 g/mol. The number of nitrogens with two attached hydrogens (primary N) is 1. The fourth-order valence-corrected chi connectivity index (χ4v) is 2.15. The molecule has 0 radical (unpaired) electrons. The molecule has 0 aliphatic carbocycles. The van der Waals surface area contributed by atoms with E-state index in [1.54, 1.807) is 0 Å². The standard InChI is InChI=1S/C16H15ClF3N3O3.2ClH/c1-25-13-6-12(21)11(17)5-10(13)15(24)23-7-9-2-3-22-14(4-9)26-8-16(18,19)20;;/h2-6H,7-8,21H2,1H3,(H,23,24);2*1H. The monoisotopic (exact) mass is 461 g/mol. The predicted molar refractivity (Wildman–Crippen MR) is 104 cm³/mol. The number of rotatable bonds is 6. The van der Waals surface area contributed by atoms with Gasteiger partial charge in [0.05, 0.1) is 23.4 Å². The lowest BCUT2D eigenvalue weighted by atomic mass is 10.1. The molecule has 1 amide bonds. The summed E-state index contributed by atoms with van der Waals surface area (Å²) in [5.41, 5.74) is 6.61. The summed E-state index contributed by atoms with van der Waals surface area (Å²) in [5, 5.41) is 2.81. The number of ether oxygens (including phenoxy) is 2. The topological polar surface area (TPSA) is 86.5 Å². The van der Waals surface area contributed by atoms with Crippen LogP contribution in [0.5, 0.6) is 11.6 Å². The number of nitrogens with one attached hydrogen (secondary N) is 1. The van der Waals surface area contributed by atoms with Crippen molar-refractivity contribution in [2.75, 3.05) is 19.5 Å². The van der Waals surface area contributed by atoms with Crippen LogP contribution in [0.15, 0.2) is 30.5 Å². The molecule has 0 aliphatic rings. The summed E-state index contributed by atoms with van der Waals surface area (Å²) < 4.78 is 46.2. The highest BCUT2D eigenvalue weighted by Gasteiger charge is 2.28. The van der Waals surface area contributed by atoms with Crippen molar-refractivity contribution in [2.24, 2.45) is 0 Å². The molecule has 1 aromatic carbocycles. The van der Waals surface area contributed by atoms with Gasteiger partial charge in [-0.05, 0) is 17.7 Å². The van der Waals surface area contributed by atoms with Crippen molar-refractivity contribution in [3.05, 3.63) is 46.6 Å². The maximum Gasteiger partial charge on any atom is 0.422 e. The quantitative estimate of drug-likeness (QED) is 0.633. The number of benzene rings is 1. The first-order valence-electron chi connectivity index (χ1n) is 7.25. The van der Waals surface area contributed by atoms with Crippen LogP contribution in [0.2, 0.25) is 5.02 Å². The third-order valence-electron chi connectivity index (χ3n) is 3.20. The van der Waals surface area contributed by atoms with Gasteiger partial charge in [0.15, 0.2) is 6.61 Å². The molecule has 1 aromatic heterocycles. The predicted octanol–water partition coefficient (Wildman–Crippen LogP) is 4.04. The van der Waals surface area contributed by atoms with Crippen molar-refractivity contribution in [3.63, 3.8) is 0 Å². The van der Waals surface area contributed by atoms with Crippen LogP contribution >= 0.6 is 36.4 Å². The number of carbonyl (C=O) groups is 1. The van der Waals surface area contributed by atoms with Gasteiger partial charge in [-0.15, -0.1) is 24.8 Å². The maximum absolute atomic E-state index is 12.3. The Morgan fingerprint density at radius 1 is 1.29 bits per heavy atom. The van der Waals surface area contributed by atoms with Gasteiger partial charge in [-0.1, -0.05) is 11.6 Å². The summed E-state index contributed by atoms with van der Waals surface area (Å²) in [5.74, 6) is -0.436. The van der Waals surface area contributed by atoms with Gasteiger partial charge in [-0.2, -0.15) is 13.2 Å². The van der Waals surface area contributed by atoms with E-state index < -0.39 is 18.7 Å². The van der Waals surface area contributed by atoms with Gasteiger partial charge in [0.25, 0.3) is 5.91 Å². The van der Waals surface area contributed by atoms with Crippen LogP contribution in [-0.2, 0) is 6.54 Å². The Kier molecular flexibility index (Phi) is 10.2. The lowest BCUT2D eigenvalue weighted by Gasteiger charge is -2.12. The van der Waals surface area contributed by atoms with Crippen LogP contribution < -0.4 is 20.5 Å². The second-order valence-corrected chi connectivity index (χ2v) is 5.57. The molecule has 0 spiro atoms. The smallest absolute Gasteiger partial charge is 0.422 e. The molecule has 0 fully saturated rings. The molecule has 0 unspecified atom stereocenters. The molecule has 28 heavy (non-hydrogen) atoms. The van der Waals surface area contributed by atoms with Crippen LogP contribution in [-0.4, -0.2) is 30.8 Å². The van der Waals surface area contributed by atoms with E-state index in [1.165, 1.54) is 37.6 Å². The highest BCUT2D eigenvalue weighted by atomic mass is 35.5. The zero-order valence-corrected chi connectivity index (χ0v) is 16.8. The number of aromatic nitrogens is 1. The number of pyridine rings is 1. The van der Waals surface area contributed by atoms with Crippen LogP contribution in [0.25, 0.3) is 0 Å². The first-order valence-corrected chi connectivity index (χ1v) is 7.63. The summed E-state index contributed by atoms with van der Waals surface area (Å²) in [6, 6.07) is 5.63. The van der Waals surface area contributed by atoms with E-state index in [0.29, 0.717) is 5.56 Å². The zero-order valence-electron chi connectivity index (χ0n) is 14.4. The number of hydrogen-bond acceptors (Lipinski definition) is 5. The van der Waals surface area contributed by atoms with Gasteiger partial charge >= 0.3 is 6.18 Å². The molecule has 2 rings (SSSR count). The number of anilines is 1. The third-order valence-corrected chi connectivity index (χ3v) is 3.53. The first kappa shape index (κ1) is 25.9. The van der Waals surface area contributed by atoms with Gasteiger partial charge in [0.1, 0.15) is 5.75 Å². The number of carbonyl (C=O) groups excluding carboxylic acids is 1. The molecule has 0 saturated carbocycles. The first-order chi connectivity index (χ1) is 12.2. The van der Waals surface area contributed by atoms with Crippen molar-refractivity contribution < 1.29 is 27.4 Å². The van der Waals surface area contributed by atoms with Crippen molar-refractivity contribution in [1.29, 1.82) is 0 Å². The average molecular weight is 463 g/mol. The van der Waals surface area contributed by atoms with E-state index in [2.05, 4.69) is 15.0 Å². The molecule has 6 nitrogen and oxygen atoms in total. The Morgan fingerprint density at radius 3 is 2.57 bits per heavy atom. The fraction of sp³-hybridized carbons (Fsp3) is 0.250. The number of hydrogen-bond donors (Lipinski definition) is 2. The largest absolute Gasteiger partial charge is 0.496 e. The number of nitrogens with zero attached hydrogens (tertiary/aromatic N) is 1. The molecular formula is C16H17Cl3F3N3O3. The summed E-state index contributed by atoms with van der Waals surface area (Å²) in [4.78, 5) is 16.0. The second-order valence-electron chi connectivity index (χ2n) is 5.16. The van der Waals surface area contributed by atoms with Crippen molar-refractivity contribution in [2.45, 2.75) is 12.7 Å². The number of halogens is 6. The van der Waals surface area contributed by atoms with Gasteiger partial charge in [-0.3, -0.25) is 4.79 Å². The average Bonchev–Trinajstić information content (AvgIpc) is 2.59.